The second-order valence-electron chi connectivity index (χ2n) is 7.68. The third-order valence-corrected chi connectivity index (χ3v) is 6.00. The number of guanidine groups is 1. The van der Waals surface area contributed by atoms with E-state index >= 15 is 0 Å². The molecule has 2 atom stereocenters. The predicted octanol–water partition coefficient (Wildman–Crippen LogP) is 2.67. The van der Waals surface area contributed by atoms with Gasteiger partial charge >= 0.3 is 0 Å². The molecule has 0 aromatic carbocycles. The van der Waals surface area contributed by atoms with Crippen molar-refractivity contribution in [2.75, 3.05) is 20.2 Å². The fraction of sp³-hybridized carbons (Fsp3) is 0.941. The van der Waals surface area contributed by atoms with Crippen LogP contribution in [0.25, 0.3) is 0 Å². The number of hydrogen-bond donors (Lipinski definition) is 3. The summed E-state index contributed by atoms with van der Waals surface area (Å²) in [4.78, 5) is 4.63. The smallest absolute Gasteiger partial charge is 0.191 e. The van der Waals surface area contributed by atoms with E-state index in [1.807, 2.05) is 0 Å². The number of halogens is 1. The molecule has 2 rings (SSSR count). The van der Waals surface area contributed by atoms with Gasteiger partial charge in [-0.1, -0.05) is 26.7 Å². The van der Waals surface area contributed by atoms with E-state index in [2.05, 4.69) is 43.3 Å². The Labute approximate surface area is 158 Å². The van der Waals surface area contributed by atoms with Gasteiger partial charge in [-0.05, 0) is 33.1 Å². The maximum absolute atomic E-state index is 10.5. The van der Waals surface area contributed by atoms with Gasteiger partial charge in [0.2, 0.25) is 0 Å². The van der Waals surface area contributed by atoms with Crippen LogP contribution in [0, 0.1) is 5.41 Å². The minimum absolute atomic E-state index is 0. The van der Waals surface area contributed by atoms with Crippen molar-refractivity contribution < 1.29 is 9.84 Å². The zero-order valence-corrected chi connectivity index (χ0v) is 17.6. The van der Waals surface area contributed by atoms with Gasteiger partial charge in [-0.3, -0.25) is 4.99 Å². The highest BCUT2D eigenvalue weighted by Gasteiger charge is 2.58. The normalized spacial score (nSPS) is 31.9. The maximum Gasteiger partial charge on any atom is 0.191 e. The first-order valence-electron chi connectivity index (χ1n) is 8.59. The lowest BCUT2D eigenvalue weighted by atomic mass is 9.56. The maximum atomic E-state index is 10.5. The molecule has 0 radical (unpaired) electrons. The summed E-state index contributed by atoms with van der Waals surface area (Å²) in [6.07, 6.45) is 4.92. The van der Waals surface area contributed by atoms with Crippen molar-refractivity contribution in [2.24, 2.45) is 10.4 Å². The predicted molar refractivity (Wildman–Crippen MR) is 106 cm³/mol. The Balaban J connectivity index is 0.00000264. The number of nitrogens with zero attached hydrogens (tertiary/aromatic N) is 1. The highest BCUT2D eigenvalue weighted by molar-refractivity contribution is 14.0. The van der Waals surface area contributed by atoms with Crippen LogP contribution in [-0.4, -0.2) is 48.5 Å². The molecule has 0 aliphatic heterocycles. The number of aliphatic hydroxyl groups is 1. The van der Waals surface area contributed by atoms with Crippen molar-refractivity contribution in [3.8, 4) is 0 Å². The fourth-order valence-electron chi connectivity index (χ4n) is 3.63. The van der Waals surface area contributed by atoms with Crippen molar-refractivity contribution in [1.82, 2.24) is 10.6 Å². The van der Waals surface area contributed by atoms with Crippen LogP contribution in [0.1, 0.15) is 59.8 Å². The van der Waals surface area contributed by atoms with Crippen molar-refractivity contribution in [2.45, 2.75) is 77.0 Å². The lowest BCUT2D eigenvalue weighted by Crippen LogP contribution is -2.69. The molecular formula is C17H34IN3O2. The van der Waals surface area contributed by atoms with E-state index in [1.54, 1.807) is 7.11 Å². The van der Waals surface area contributed by atoms with Gasteiger partial charge in [-0.2, -0.15) is 0 Å². The summed E-state index contributed by atoms with van der Waals surface area (Å²) in [6.45, 7) is 9.98. The first kappa shape index (κ1) is 21.0. The zero-order valence-electron chi connectivity index (χ0n) is 15.2. The van der Waals surface area contributed by atoms with E-state index < -0.39 is 5.60 Å². The Hall–Kier alpha value is -0.0800. The molecular weight excluding hydrogens is 405 g/mol. The fourth-order valence-corrected chi connectivity index (χ4v) is 3.63. The molecule has 0 aromatic heterocycles. The summed E-state index contributed by atoms with van der Waals surface area (Å²) in [5.41, 5.74) is -0.646. The highest BCUT2D eigenvalue weighted by atomic mass is 127. The summed E-state index contributed by atoms with van der Waals surface area (Å²) in [7, 11) is 1.78. The van der Waals surface area contributed by atoms with Crippen LogP contribution in [0.15, 0.2) is 4.99 Å². The van der Waals surface area contributed by atoms with Gasteiger partial charge in [-0.25, -0.2) is 0 Å². The molecule has 2 unspecified atom stereocenters. The Kier molecular flexibility index (Phi) is 7.17. The number of methoxy groups -OCH3 is 1. The summed E-state index contributed by atoms with van der Waals surface area (Å²) in [5.74, 6) is 0.805. The van der Waals surface area contributed by atoms with E-state index in [0.29, 0.717) is 12.6 Å². The lowest BCUT2D eigenvalue weighted by molar-refractivity contribution is -0.176. The Morgan fingerprint density at radius 2 is 1.87 bits per heavy atom. The monoisotopic (exact) mass is 439 g/mol. The minimum Gasteiger partial charge on any atom is -0.388 e. The van der Waals surface area contributed by atoms with Gasteiger partial charge < -0.3 is 20.5 Å². The molecule has 0 saturated heterocycles. The van der Waals surface area contributed by atoms with Gasteiger partial charge in [0.1, 0.15) is 0 Å². The average Bonchev–Trinajstić information content (AvgIpc) is 2.91. The molecule has 2 fully saturated rings. The first-order valence-corrected chi connectivity index (χ1v) is 8.59. The third kappa shape index (κ3) is 4.31. The second kappa shape index (κ2) is 7.87. The van der Waals surface area contributed by atoms with Crippen molar-refractivity contribution in [3.63, 3.8) is 0 Å². The first-order chi connectivity index (χ1) is 10.3. The number of nitrogens with one attached hydrogen (secondary N) is 2. The number of ether oxygens (including phenoxy) is 1. The Bertz CT molecular complexity index is 422. The molecule has 0 heterocycles. The van der Waals surface area contributed by atoms with Crippen molar-refractivity contribution in [1.29, 1.82) is 0 Å². The van der Waals surface area contributed by atoms with Crippen molar-refractivity contribution in [3.05, 3.63) is 0 Å². The highest BCUT2D eigenvalue weighted by Crippen LogP contribution is 2.51. The second-order valence-corrected chi connectivity index (χ2v) is 7.68. The molecule has 5 nitrogen and oxygen atoms in total. The van der Waals surface area contributed by atoms with Gasteiger partial charge in [-0.15, -0.1) is 24.0 Å². The average molecular weight is 439 g/mol. The molecule has 23 heavy (non-hydrogen) atoms. The molecule has 2 aliphatic carbocycles. The number of hydrogen-bond acceptors (Lipinski definition) is 3. The van der Waals surface area contributed by atoms with Gasteiger partial charge in [0, 0.05) is 25.1 Å². The van der Waals surface area contributed by atoms with Crippen LogP contribution in [0.4, 0.5) is 0 Å². The Morgan fingerprint density at radius 1 is 1.26 bits per heavy atom. The summed E-state index contributed by atoms with van der Waals surface area (Å²) < 4.78 is 5.68. The number of aliphatic imine (C=N–C) groups is 1. The van der Waals surface area contributed by atoms with Gasteiger partial charge in [0.15, 0.2) is 5.96 Å². The molecule has 0 aromatic rings. The quantitative estimate of drug-likeness (QED) is 0.350. The molecule has 6 heteroatoms. The van der Waals surface area contributed by atoms with Crippen LogP contribution >= 0.6 is 24.0 Å². The zero-order chi connectivity index (χ0) is 16.4. The molecule has 0 bridgehead atoms. The topological polar surface area (TPSA) is 65.9 Å². The van der Waals surface area contributed by atoms with Crippen LogP contribution in [0.5, 0.6) is 0 Å². The van der Waals surface area contributed by atoms with Crippen LogP contribution in [0.3, 0.4) is 0 Å². The third-order valence-electron chi connectivity index (χ3n) is 6.00. The molecule has 136 valence electrons. The SMILES string of the molecule is CCNC(=NCC1(O)CCCC1)NC1CC(C)(OC)C1(C)C.I. The summed E-state index contributed by atoms with van der Waals surface area (Å²) >= 11 is 0. The molecule has 0 spiro atoms. The summed E-state index contributed by atoms with van der Waals surface area (Å²) in [6, 6.07) is 0.327. The van der Waals surface area contributed by atoms with Crippen LogP contribution < -0.4 is 10.6 Å². The standard InChI is InChI=1S/C17H33N3O2.HI/c1-6-18-14(19-12-17(21)9-7-8-10-17)20-13-11-16(4,22-5)15(13,2)3;/h13,21H,6-12H2,1-5H3,(H2,18,19,20);1H. The summed E-state index contributed by atoms with van der Waals surface area (Å²) in [5, 5.41) is 17.3. The van der Waals surface area contributed by atoms with E-state index in [0.717, 1.165) is 44.6 Å². The minimum atomic E-state index is -0.599. The largest absolute Gasteiger partial charge is 0.388 e. The molecule has 2 saturated carbocycles. The Morgan fingerprint density at radius 3 is 2.35 bits per heavy atom. The number of rotatable bonds is 5. The van der Waals surface area contributed by atoms with E-state index in [1.165, 1.54) is 0 Å². The van der Waals surface area contributed by atoms with Crippen molar-refractivity contribution >= 4 is 29.9 Å². The van der Waals surface area contributed by atoms with Crippen LogP contribution in [-0.2, 0) is 4.74 Å². The van der Waals surface area contributed by atoms with E-state index in [9.17, 15) is 5.11 Å². The molecule has 0 amide bonds. The van der Waals surface area contributed by atoms with E-state index in [4.69, 9.17) is 4.74 Å². The van der Waals surface area contributed by atoms with Gasteiger partial charge in [0.25, 0.3) is 0 Å². The van der Waals surface area contributed by atoms with E-state index in [-0.39, 0.29) is 35.0 Å². The lowest BCUT2D eigenvalue weighted by Gasteiger charge is -2.59. The van der Waals surface area contributed by atoms with Gasteiger partial charge in [0.05, 0.1) is 17.7 Å². The molecule has 2 aliphatic rings. The van der Waals surface area contributed by atoms with Crippen LogP contribution in [0.2, 0.25) is 0 Å². The molecule has 3 N–H and O–H groups in total.